The second-order valence-corrected chi connectivity index (χ2v) is 6.59. The smallest absolute Gasteiger partial charge is 0.123 e. The largest absolute Gasteiger partial charge is 0.254 e. The SMILES string of the molecule is O=S(Cc1nc2ccccc2s1)c1ccc(F)cc1. The van der Waals surface area contributed by atoms with Gasteiger partial charge in [-0.1, -0.05) is 12.1 Å². The lowest BCUT2D eigenvalue weighted by Crippen LogP contribution is -1.95. The molecule has 3 rings (SSSR count). The van der Waals surface area contributed by atoms with Gasteiger partial charge in [0.15, 0.2) is 0 Å². The van der Waals surface area contributed by atoms with E-state index in [-0.39, 0.29) is 5.82 Å². The molecule has 0 aliphatic heterocycles. The van der Waals surface area contributed by atoms with Gasteiger partial charge in [0.1, 0.15) is 10.8 Å². The molecule has 1 unspecified atom stereocenters. The van der Waals surface area contributed by atoms with Crippen LogP contribution in [0, 0.1) is 5.82 Å². The van der Waals surface area contributed by atoms with Crippen molar-refractivity contribution in [3.05, 3.63) is 59.4 Å². The van der Waals surface area contributed by atoms with Crippen molar-refractivity contribution in [1.82, 2.24) is 4.98 Å². The van der Waals surface area contributed by atoms with Gasteiger partial charge in [0, 0.05) is 4.90 Å². The Kier molecular flexibility index (Phi) is 3.40. The normalized spacial score (nSPS) is 12.7. The van der Waals surface area contributed by atoms with E-state index < -0.39 is 10.8 Å². The predicted molar refractivity (Wildman–Crippen MR) is 76.1 cm³/mol. The molecule has 0 bridgehead atoms. The molecule has 0 aliphatic carbocycles. The number of para-hydroxylation sites is 1. The van der Waals surface area contributed by atoms with Crippen molar-refractivity contribution in [2.24, 2.45) is 0 Å². The molecule has 0 saturated carbocycles. The van der Waals surface area contributed by atoms with E-state index in [4.69, 9.17) is 0 Å². The molecular formula is C14H10FNOS2. The molecule has 0 saturated heterocycles. The van der Waals surface area contributed by atoms with Crippen LogP contribution in [0.5, 0.6) is 0 Å². The molecule has 0 spiro atoms. The molecule has 2 aromatic carbocycles. The zero-order valence-corrected chi connectivity index (χ0v) is 11.5. The van der Waals surface area contributed by atoms with E-state index in [2.05, 4.69) is 4.98 Å². The zero-order chi connectivity index (χ0) is 13.2. The lowest BCUT2D eigenvalue weighted by molar-refractivity contribution is 0.626. The van der Waals surface area contributed by atoms with Crippen molar-refractivity contribution in [1.29, 1.82) is 0 Å². The van der Waals surface area contributed by atoms with Gasteiger partial charge in [0.05, 0.1) is 26.8 Å². The number of aromatic nitrogens is 1. The molecule has 0 fully saturated rings. The van der Waals surface area contributed by atoms with E-state index in [1.54, 1.807) is 23.5 Å². The summed E-state index contributed by atoms with van der Waals surface area (Å²) in [6.07, 6.45) is 0. The molecule has 0 N–H and O–H groups in total. The second kappa shape index (κ2) is 5.19. The van der Waals surface area contributed by atoms with Gasteiger partial charge in [-0.2, -0.15) is 0 Å². The number of rotatable bonds is 3. The summed E-state index contributed by atoms with van der Waals surface area (Å²) in [5.74, 6) is 0.0473. The third-order valence-electron chi connectivity index (χ3n) is 2.67. The van der Waals surface area contributed by atoms with Crippen molar-refractivity contribution >= 4 is 32.4 Å². The summed E-state index contributed by atoms with van der Waals surface area (Å²) in [7, 11) is -1.19. The Labute approximate surface area is 116 Å². The van der Waals surface area contributed by atoms with Gasteiger partial charge in [-0.05, 0) is 36.4 Å². The van der Waals surface area contributed by atoms with Crippen LogP contribution in [0.15, 0.2) is 53.4 Å². The Morgan fingerprint density at radius 2 is 1.84 bits per heavy atom. The van der Waals surface area contributed by atoms with Crippen molar-refractivity contribution in [2.75, 3.05) is 0 Å². The van der Waals surface area contributed by atoms with Crippen LogP contribution in [0.2, 0.25) is 0 Å². The number of thiazole rings is 1. The zero-order valence-electron chi connectivity index (χ0n) is 9.88. The predicted octanol–water partition coefficient (Wildman–Crippen LogP) is 3.74. The van der Waals surface area contributed by atoms with Crippen molar-refractivity contribution in [3.63, 3.8) is 0 Å². The summed E-state index contributed by atoms with van der Waals surface area (Å²) in [6, 6.07) is 13.6. The van der Waals surface area contributed by atoms with Crippen LogP contribution in [-0.2, 0) is 16.6 Å². The minimum absolute atomic E-state index is 0.319. The van der Waals surface area contributed by atoms with E-state index in [0.717, 1.165) is 15.2 Å². The third-order valence-corrected chi connectivity index (χ3v) is 5.22. The fourth-order valence-corrected chi connectivity index (χ4v) is 3.98. The Bertz CT molecular complexity index is 704. The Morgan fingerprint density at radius 1 is 1.11 bits per heavy atom. The minimum Gasteiger partial charge on any atom is -0.254 e. The number of benzene rings is 2. The summed E-state index contributed by atoms with van der Waals surface area (Å²) in [6.45, 7) is 0. The molecule has 0 aliphatic rings. The van der Waals surface area contributed by atoms with E-state index in [1.165, 1.54) is 12.1 Å². The van der Waals surface area contributed by atoms with Gasteiger partial charge in [0.2, 0.25) is 0 Å². The maximum absolute atomic E-state index is 12.8. The first-order valence-electron chi connectivity index (χ1n) is 5.71. The number of hydrogen-bond acceptors (Lipinski definition) is 3. The van der Waals surface area contributed by atoms with Crippen molar-refractivity contribution in [3.8, 4) is 0 Å². The summed E-state index contributed by atoms with van der Waals surface area (Å²) in [5, 5.41) is 0.837. The minimum atomic E-state index is -1.19. The van der Waals surface area contributed by atoms with Crippen LogP contribution in [0.1, 0.15) is 5.01 Å². The van der Waals surface area contributed by atoms with Gasteiger partial charge in [-0.25, -0.2) is 9.37 Å². The summed E-state index contributed by atoms with van der Waals surface area (Å²) in [5.41, 5.74) is 0.929. The first-order chi connectivity index (χ1) is 9.22. The second-order valence-electron chi connectivity index (χ2n) is 4.02. The standard InChI is InChI=1S/C14H10FNOS2/c15-10-5-7-11(8-6-10)19(17)9-14-16-12-3-1-2-4-13(12)18-14/h1-8H,9H2. The molecule has 0 amide bonds. The van der Waals surface area contributed by atoms with Crippen LogP contribution in [0.25, 0.3) is 10.2 Å². The Morgan fingerprint density at radius 3 is 2.58 bits per heavy atom. The monoisotopic (exact) mass is 291 g/mol. The van der Waals surface area contributed by atoms with Gasteiger partial charge in [-0.3, -0.25) is 4.21 Å². The summed E-state index contributed by atoms with van der Waals surface area (Å²) < 4.78 is 26.1. The molecular weight excluding hydrogens is 281 g/mol. The molecule has 96 valence electrons. The fourth-order valence-electron chi connectivity index (χ4n) is 1.76. The maximum Gasteiger partial charge on any atom is 0.123 e. The molecule has 19 heavy (non-hydrogen) atoms. The quantitative estimate of drug-likeness (QED) is 0.735. The highest BCUT2D eigenvalue weighted by Crippen LogP contribution is 2.23. The van der Waals surface area contributed by atoms with E-state index in [0.29, 0.717) is 10.6 Å². The van der Waals surface area contributed by atoms with Crippen LogP contribution in [0.3, 0.4) is 0 Å². The Balaban J connectivity index is 1.84. The summed E-state index contributed by atoms with van der Waals surface area (Å²) in [4.78, 5) is 5.07. The van der Waals surface area contributed by atoms with E-state index in [1.807, 2.05) is 24.3 Å². The van der Waals surface area contributed by atoms with Crippen LogP contribution >= 0.6 is 11.3 Å². The molecule has 3 aromatic rings. The Hall–Kier alpha value is -1.59. The van der Waals surface area contributed by atoms with Crippen LogP contribution in [0.4, 0.5) is 4.39 Å². The third kappa shape index (κ3) is 2.72. The lowest BCUT2D eigenvalue weighted by Gasteiger charge is -1.99. The molecule has 5 heteroatoms. The highest BCUT2D eigenvalue weighted by molar-refractivity contribution is 7.84. The number of hydrogen-bond donors (Lipinski definition) is 0. The summed E-state index contributed by atoms with van der Waals surface area (Å²) >= 11 is 1.55. The first-order valence-corrected chi connectivity index (χ1v) is 7.84. The van der Waals surface area contributed by atoms with Gasteiger partial charge in [-0.15, -0.1) is 11.3 Å². The van der Waals surface area contributed by atoms with Crippen LogP contribution in [-0.4, -0.2) is 9.19 Å². The van der Waals surface area contributed by atoms with Gasteiger partial charge >= 0.3 is 0 Å². The van der Waals surface area contributed by atoms with Crippen molar-refractivity contribution < 1.29 is 8.60 Å². The number of fused-ring (bicyclic) bond motifs is 1. The van der Waals surface area contributed by atoms with E-state index >= 15 is 0 Å². The lowest BCUT2D eigenvalue weighted by atomic mass is 10.3. The van der Waals surface area contributed by atoms with E-state index in [9.17, 15) is 8.60 Å². The first kappa shape index (κ1) is 12.4. The average Bonchev–Trinajstić information content (AvgIpc) is 2.81. The molecule has 1 heterocycles. The molecule has 1 aromatic heterocycles. The number of halogens is 1. The molecule has 2 nitrogen and oxygen atoms in total. The van der Waals surface area contributed by atoms with Gasteiger partial charge < -0.3 is 0 Å². The highest BCUT2D eigenvalue weighted by Gasteiger charge is 2.09. The maximum atomic E-state index is 12.8. The molecule has 1 atom stereocenters. The average molecular weight is 291 g/mol. The topological polar surface area (TPSA) is 30.0 Å². The number of nitrogens with zero attached hydrogens (tertiary/aromatic N) is 1. The van der Waals surface area contributed by atoms with Crippen LogP contribution < -0.4 is 0 Å². The highest BCUT2D eigenvalue weighted by atomic mass is 32.2. The van der Waals surface area contributed by atoms with Crippen molar-refractivity contribution in [2.45, 2.75) is 10.6 Å². The fraction of sp³-hybridized carbons (Fsp3) is 0.0714. The van der Waals surface area contributed by atoms with Gasteiger partial charge in [0.25, 0.3) is 0 Å². The molecule has 0 radical (unpaired) electrons.